The largest absolute Gasteiger partial charge is 0.285 e. The maximum atomic E-state index is 8.57. The normalized spacial score (nSPS) is 9.00. The highest BCUT2D eigenvalue weighted by molar-refractivity contribution is 6.54. The van der Waals surface area contributed by atoms with Crippen molar-refractivity contribution in [1.82, 2.24) is 0 Å². The zero-order valence-electron chi connectivity index (χ0n) is 7.28. The van der Waals surface area contributed by atoms with Crippen LogP contribution < -0.4 is 0 Å². The monoisotopic (exact) mass is 226 g/mol. The molecular weight excluding hydrogens is 219 g/mol. The molecule has 0 spiro atoms. The Bertz CT molecular complexity index is 426. The molecule has 72 valence electrons. The predicted octanol–water partition coefficient (Wildman–Crippen LogP) is 3.91. The van der Waals surface area contributed by atoms with Crippen LogP contribution in [0.1, 0.15) is 0 Å². The highest BCUT2D eigenvalue weighted by Crippen LogP contribution is 2.18. The smallest absolute Gasteiger partial charge is 0.208 e. The minimum Gasteiger partial charge on any atom is -0.285 e. The molecule has 3 heteroatoms. The summed E-state index contributed by atoms with van der Waals surface area (Å²) in [6.07, 6.45) is 0. The maximum absolute atomic E-state index is 8.57. The highest BCUT2D eigenvalue weighted by atomic mass is 35.5. The number of benzene rings is 2. The third-order valence-corrected chi connectivity index (χ3v) is 1.95. The van der Waals surface area contributed by atoms with E-state index in [4.69, 9.17) is 16.4 Å². The minimum absolute atomic E-state index is 0.222. The SMILES string of the molecule is Clc1ccc2ccccc2c1.O=CCl. The number of rotatable bonds is 0. The van der Waals surface area contributed by atoms with Gasteiger partial charge in [-0.3, -0.25) is 4.79 Å². The molecule has 0 aliphatic rings. The molecule has 14 heavy (non-hydrogen) atoms. The molecule has 0 heterocycles. The first kappa shape index (κ1) is 11.0. The predicted molar refractivity (Wildman–Crippen MR) is 61.6 cm³/mol. The summed E-state index contributed by atoms with van der Waals surface area (Å²) in [7, 11) is 0. The first-order chi connectivity index (χ1) is 6.77. The topological polar surface area (TPSA) is 17.1 Å². The molecule has 2 aromatic rings. The van der Waals surface area contributed by atoms with Crippen LogP contribution in [-0.2, 0) is 4.79 Å². The van der Waals surface area contributed by atoms with E-state index in [9.17, 15) is 0 Å². The summed E-state index contributed by atoms with van der Waals surface area (Å²) in [5.41, 5.74) is 0. The third kappa shape index (κ3) is 3.02. The van der Waals surface area contributed by atoms with Gasteiger partial charge in [0.05, 0.1) is 0 Å². The molecule has 2 rings (SSSR count). The molecular formula is C11H8Cl2O. The van der Waals surface area contributed by atoms with Crippen LogP contribution in [0.15, 0.2) is 42.5 Å². The van der Waals surface area contributed by atoms with Crippen LogP contribution in [0.2, 0.25) is 5.02 Å². The fourth-order valence-corrected chi connectivity index (χ4v) is 1.34. The fraction of sp³-hybridized carbons (Fsp3) is 0. The van der Waals surface area contributed by atoms with Gasteiger partial charge in [-0.15, -0.1) is 0 Å². The molecule has 0 atom stereocenters. The Labute approximate surface area is 92.3 Å². The van der Waals surface area contributed by atoms with Crippen molar-refractivity contribution in [2.45, 2.75) is 0 Å². The number of carbonyl (C=O) groups excluding carboxylic acids is 1. The van der Waals surface area contributed by atoms with Crippen LogP contribution in [0.5, 0.6) is 0 Å². The van der Waals surface area contributed by atoms with Crippen molar-refractivity contribution in [3.05, 3.63) is 47.5 Å². The van der Waals surface area contributed by atoms with Crippen LogP contribution in [0.25, 0.3) is 10.8 Å². The Morgan fingerprint density at radius 2 is 1.57 bits per heavy atom. The number of halogens is 2. The van der Waals surface area contributed by atoms with Crippen molar-refractivity contribution in [2.24, 2.45) is 0 Å². The Morgan fingerprint density at radius 1 is 1.00 bits per heavy atom. The lowest BCUT2D eigenvalue weighted by atomic mass is 10.1. The molecule has 0 fully saturated rings. The van der Waals surface area contributed by atoms with Crippen molar-refractivity contribution in [3.63, 3.8) is 0 Å². The van der Waals surface area contributed by atoms with Crippen LogP contribution in [0.4, 0.5) is 0 Å². The van der Waals surface area contributed by atoms with Gasteiger partial charge in [0.2, 0.25) is 5.75 Å². The van der Waals surface area contributed by atoms with Crippen molar-refractivity contribution >= 4 is 39.7 Å². The summed E-state index contributed by atoms with van der Waals surface area (Å²) in [6.45, 7) is 0. The van der Waals surface area contributed by atoms with Gasteiger partial charge in [0, 0.05) is 5.02 Å². The van der Waals surface area contributed by atoms with Crippen molar-refractivity contribution in [1.29, 1.82) is 0 Å². The average molecular weight is 227 g/mol. The van der Waals surface area contributed by atoms with Crippen molar-refractivity contribution in [2.75, 3.05) is 0 Å². The van der Waals surface area contributed by atoms with E-state index in [-0.39, 0.29) is 5.75 Å². The second-order valence-electron chi connectivity index (χ2n) is 2.58. The molecule has 0 N–H and O–H groups in total. The van der Waals surface area contributed by atoms with Crippen LogP contribution in [0.3, 0.4) is 0 Å². The number of carbonyl (C=O) groups is 1. The second kappa shape index (κ2) is 5.63. The fourth-order valence-electron chi connectivity index (χ4n) is 1.16. The van der Waals surface area contributed by atoms with Crippen LogP contribution in [-0.4, -0.2) is 5.75 Å². The lowest BCUT2D eigenvalue weighted by molar-refractivity contribution is 0.569. The number of hydrogen-bond donors (Lipinski definition) is 0. The summed E-state index contributed by atoms with van der Waals surface area (Å²) < 4.78 is 0. The lowest BCUT2D eigenvalue weighted by Gasteiger charge is -1.95. The molecule has 0 aromatic heterocycles. The summed E-state index contributed by atoms with van der Waals surface area (Å²) in [5.74, 6) is 0.222. The summed E-state index contributed by atoms with van der Waals surface area (Å²) in [5, 5.41) is 3.22. The van der Waals surface area contributed by atoms with Gasteiger partial charge in [0.25, 0.3) is 0 Å². The van der Waals surface area contributed by atoms with Gasteiger partial charge in [-0.05, 0) is 34.5 Å². The Morgan fingerprint density at radius 3 is 2.21 bits per heavy atom. The first-order valence-electron chi connectivity index (χ1n) is 3.96. The summed E-state index contributed by atoms with van der Waals surface area (Å²) in [6, 6.07) is 14.1. The Hall–Kier alpha value is -1.05. The zero-order chi connectivity index (χ0) is 10.4. The van der Waals surface area contributed by atoms with E-state index in [1.807, 2.05) is 30.3 Å². The van der Waals surface area contributed by atoms with Gasteiger partial charge in [0.1, 0.15) is 0 Å². The van der Waals surface area contributed by atoms with Gasteiger partial charge in [-0.2, -0.15) is 0 Å². The zero-order valence-corrected chi connectivity index (χ0v) is 8.79. The second-order valence-corrected chi connectivity index (χ2v) is 3.20. The Balaban J connectivity index is 0.000000293. The summed E-state index contributed by atoms with van der Waals surface area (Å²) in [4.78, 5) is 8.57. The molecule has 0 saturated carbocycles. The van der Waals surface area contributed by atoms with Gasteiger partial charge in [-0.25, -0.2) is 0 Å². The van der Waals surface area contributed by atoms with E-state index in [0.717, 1.165) is 5.02 Å². The van der Waals surface area contributed by atoms with Crippen molar-refractivity contribution in [3.8, 4) is 0 Å². The van der Waals surface area contributed by atoms with E-state index in [1.54, 1.807) is 0 Å². The van der Waals surface area contributed by atoms with Crippen molar-refractivity contribution < 1.29 is 4.79 Å². The number of fused-ring (bicyclic) bond motifs is 1. The molecule has 2 aromatic carbocycles. The van der Waals surface area contributed by atoms with E-state index in [0.29, 0.717) is 0 Å². The molecule has 1 nitrogen and oxygen atoms in total. The van der Waals surface area contributed by atoms with Gasteiger partial charge < -0.3 is 0 Å². The molecule has 0 saturated heterocycles. The molecule has 0 bridgehead atoms. The number of hydrogen-bond acceptors (Lipinski definition) is 1. The van der Waals surface area contributed by atoms with E-state index in [2.05, 4.69) is 23.7 Å². The minimum atomic E-state index is 0.222. The Kier molecular flexibility index (Phi) is 4.44. The van der Waals surface area contributed by atoms with E-state index in [1.165, 1.54) is 10.8 Å². The average Bonchev–Trinajstić information content (AvgIpc) is 2.19. The van der Waals surface area contributed by atoms with E-state index < -0.39 is 0 Å². The van der Waals surface area contributed by atoms with Crippen LogP contribution in [0, 0.1) is 0 Å². The molecule has 0 unspecified atom stereocenters. The standard InChI is InChI=1S/C10H7Cl.CHClO/c11-10-6-5-8-3-1-2-4-9(8)7-10;2-1-3/h1-7H;1H. The molecule has 0 aliphatic heterocycles. The molecule has 0 amide bonds. The van der Waals surface area contributed by atoms with Crippen LogP contribution >= 0.6 is 23.2 Å². The molecule has 0 radical (unpaired) electrons. The maximum Gasteiger partial charge on any atom is 0.208 e. The van der Waals surface area contributed by atoms with Gasteiger partial charge in [-0.1, -0.05) is 41.9 Å². The van der Waals surface area contributed by atoms with Gasteiger partial charge in [0.15, 0.2) is 0 Å². The highest BCUT2D eigenvalue weighted by Gasteiger charge is 1.90. The lowest BCUT2D eigenvalue weighted by Crippen LogP contribution is -1.69. The van der Waals surface area contributed by atoms with Gasteiger partial charge >= 0.3 is 0 Å². The third-order valence-electron chi connectivity index (χ3n) is 1.71. The summed E-state index contributed by atoms with van der Waals surface area (Å²) >= 11 is 10.1. The quantitative estimate of drug-likeness (QED) is 0.492. The van der Waals surface area contributed by atoms with E-state index >= 15 is 0 Å². The molecule has 0 aliphatic carbocycles. The first-order valence-corrected chi connectivity index (χ1v) is 4.77.